The fourth-order valence-corrected chi connectivity index (χ4v) is 4.83. The van der Waals surface area contributed by atoms with Crippen LogP contribution in [0.3, 0.4) is 0 Å². The van der Waals surface area contributed by atoms with Crippen LogP contribution in [-0.4, -0.2) is 61.8 Å². The van der Waals surface area contributed by atoms with Crippen LogP contribution in [0, 0.1) is 0 Å². The highest BCUT2D eigenvalue weighted by atomic mass is 32.1. The average molecular weight is 525 g/mol. The Balaban J connectivity index is 1.50. The standard InChI is InChI=1S/C28H32N2O6S/c1-19(2)30(28(32)21-8-10-24-26(15-21)36-18-35-24)17-27(31)29(16-22-6-5-13-37-22)12-11-20-7-9-23(33-3)25(14-20)34-4/h5-10,13-15,19H,11-12,16-18H2,1-4H3. The second kappa shape index (κ2) is 12.0. The maximum Gasteiger partial charge on any atom is 0.254 e. The number of rotatable bonds is 11. The molecule has 196 valence electrons. The minimum absolute atomic E-state index is 0.0255. The summed E-state index contributed by atoms with van der Waals surface area (Å²) in [4.78, 5) is 31.5. The number of hydrogen-bond donors (Lipinski definition) is 0. The molecule has 0 saturated heterocycles. The molecule has 2 aromatic carbocycles. The van der Waals surface area contributed by atoms with Gasteiger partial charge in [-0.15, -0.1) is 11.3 Å². The van der Waals surface area contributed by atoms with Gasteiger partial charge in [0.1, 0.15) is 6.54 Å². The fourth-order valence-electron chi connectivity index (χ4n) is 4.11. The molecule has 4 rings (SSSR count). The number of ether oxygens (including phenoxy) is 4. The first-order chi connectivity index (χ1) is 17.9. The first-order valence-electron chi connectivity index (χ1n) is 12.1. The Hall–Kier alpha value is -3.72. The lowest BCUT2D eigenvalue weighted by Gasteiger charge is -2.30. The van der Waals surface area contributed by atoms with Crippen molar-refractivity contribution in [1.82, 2.24) is 9.80 Å². The van der Waals surface area contributed by atoms with E-state index in [9.17, 15) is 9.59 Å². The number of nitrogens with zero attached hydrogens (tertiary/aromatic N) is 2. The van der Waals surface area contributed by atoms with E-state index in [4.69, 9.17) is 18.9 Å². The smallest absolute Gasteiger partial charge is 0.254 e. The summed E-state index contributed by atoms with van der Waals surface area (Å²) in [6.07, 6.45) is 0.634. The van der Waals surface area contributed by atoms with Gasteiger partial charge in [0.05, 0.1) is 20.8 Å². The van der Waals surface area contributed by atoms with Crippen molar-refractivity contribution in [2.24, 2.45) is 0 Å². The number of carbonyl (C=O) groups is 2. The van der Waals surface area contributed by atoms with E-state index < -0.39 is 0 Å². The Kier molecular flexibility index (Phi) is 8.55. The Morgan fingerprint density at radius 2 is 1.78 bits per heavy atom. The molecule has 0 fully saturated rings. The molecule has 1 aliphatic rings. The molecule has 2 amide bonds. The summed E-state index contributed by atoms with van der Waals surface area (Å²) in [5.74, 6) is 2.12. The van der Waals surface area contributed by atoms with Crippen LogP contribution >= 0.6 is 11.3 Å². The molecule has 0 atom stereocenters. The lowest BCUT2D eigenvalue weighted by Crippen LogP contribution is -2.46. The molecular weight excluding hydrogens is 492 g/mol. The van der Waals surface area contributed by atoms with Crippen LogP contribution in [-0.2, 0) is 17.8 Å². The summed E-state index contributed by atoms with van der Waals surface area (Å²) in [6, 6.07) is 14.7. The SMILES string of the molecule is COc1ccc(CCN(Cc2cccs2)C(=O)CN(C(=O)c2ccc3c(c2)OCO3)C(C)C)cc1OC. The molecule has 0 N–H and O–H groups in total. The topological polar surface area (TPSA) is 77.5 Å². The van der Waals surface area contributed by atoms with E-state index in [1.165, 1.54) is 0 Å². The lowest BCUT2D eigenvalue weighted by molar-refractivity contribution is -0.132. The third-order valence-electron chi connectivity index (χ3n) is 6.21. The number of benzene rings is 2. The minimum atomic E-state index is -0.224. The molecule has 1 aliphatic heterocycles. The van der Waals surface area contributed by atoms with Crippen LogP contribution in [0.4, 0.5) is 0 Å². The molecule has 2 heterocycles. The monoisotopic (exact) mass is 524 g/mol. The van der Waals surface area contributed by atoms with Crippen molar-refractivity contribution < 1.29 is 28.5 Å². The summed E-state index contributed by atoms with van der Waals surface area (Å²) in [5, 5.41) is 2.00. The summed E-state index contributed by atoms with van der Waals surface area (Å²) in [5.41, 5.74) is 1.49. The average Bonchev–Trinajstić information content (AvgIpc) is 3.60. The maximum absolute atomic E-state index is 13.6. The number of methoxy groups -OCH3 is 2. The molecule has 9 heteroatoms. The van der Waals surface area contributed by atoms with Gasteiger partial charge in [0.2, 0.25) is 12.7 Å². The minimum Gasteiger partial charge on any atom is -0.493 e. The van der Waals surface area contributed by atoms with Gasteiger partial charge in [0.25, 0.3) is 5.91 Å². The number of amides is 2. The van der Waals surface area contributed by atoms with Gasteiger partial charge in [-0.1, -0.05) is 12.1 Å². The van der Waals surface area contributed by atoms with Gasteiger partial charge in [-0.05, 0) is 67.6 Å². The molecule has 0 unspecified atom stereocenters. The predicted molar refractivity (Wildman–Crippen MR) is 142 cm³/mol. The number of fused-ring (bicyclic) bond motifs is 1. The van der Waals surface area contributed by atoms with Crippen molar-refractivity contribution in [3.05, 3.63) is 69.9 Å². The molecular formula is C28H32N2O6S. The van der Waals surface area contributed by atoms with Crippen molar-refractivity contribution in [2.75, 3.05) is 34.1 Å². The van der Waals surface area contributed by atoms with Crippen molar-refractivity contribution in [2.45, 2.75) is 32.9 Å². The summed E-state index contributed by atoms with van der Waals surface area (Å²) < 4.78 is 21.5. The highest BCUT2D eigenvalue weighted by Crippen LogP contribution is 2.33. The zero-order valence-electron chi connectivity index (χ0n) is 21.6. The van der Waals surface area contributed by atoms with Gasteiger partial charge < -0.3 is 28.7 Å². The van der Waals surface area contributed by atoms with Gasteiger partial charge in [-0.25, -0.2) is 0 Å². The van der Waals surface area contributed by atoms with Crippen LogP contribution in [0.25, 0.3) is 0 Å². The largest absolute Gasteiger partial charge is 0.493 e. The van der Waals surface area contributed by atoms with Crippen LogP contribution in [0.1, 0.15) is 34.6 Å². The number of carbonyl (C=O) groups excluding carboxylic acids is 2. The van der Waals surface area contributed by atoms with E-state index >= 15 is 0 Å². The van der Waals surface area contributed by atoms with Gasteiger partial charge in [-0.2, -0.15) is 0 Å². The highest BCUT2D eigenvalue weighted by molar-refractivity contribution is 7.09. The first-order valence-corrected chi connectivity index (χ1v) is 13.0. The molecule has 1 aromatic heterocycles. The van der Waals surface area contributed by atoms with Crippen molar-refractivity contribution >= 4 is 23.2 Å². The van der Waals surface area contributed by atoms with Gasteiger partial charge in [0.15, 0.2) is 23.0 Å². The van der Waals surface area contributed by atoms with E-state index in [2.05, 4.69) is 0 Å². The second-order valence-electron chi connectivity index (χ2n) is 8.93. The number of hydrogen-bond acceptors (Lipinski definition) is 7. The zero-order chi connectivity index (χ0) is 26.4. The third kappa shape index (κ3) is 6.35. The van der Waals surface area contributed by atoms with Gasteiger partial charge in [0, 0.05) is 23.0 Å². The van der Waals surface area contributed by atoms with Gasteiger partial charge in [-0.3, -0.25) is 9.59 Å². The van der Waals surface area contributed by atoms with Crippen LogP contribution in [0.2, 0.25) is 0 Å². The van der Waals surface area contributed by atoms with Crippen molar-refractivity contribution in [1.29, 1.82) is 0 Å². The predicted octanol–water partition coefficient (Wildman–Crippen LogP) is 4.62. The molecule has 0 saturated carbocycles. The Morgan fingerprint density at radius 3 is 2.49 bits per heavy atom. The molecule has 8 nitrogen and oxygen atoms in total. The van der Waals surface area contributed by atoms with Crippen LogP contribution < -0.4 is 18.9 Å². The number of thiophene rings is 1. The normalized spacial score (nSPS) is 11.9. The summed E-state index contributed by atoms with van der Waals surface area (Å²) in [6.45, 7) is 4.90. The fraction of sp³-hybridized carbons (Fsp3) is 0.357. The van der Waals surface area contributed by atoms with E-state index in [0.717, 1.165) is 10.4 Å². The second-order valence-corrected chi connectivity index (χ2v) is 9.96. The quantitative estimate of drug-likeness (QED) is 0.364. The van der Waals surface area contributed by atoms with Crippen LogP contribution in [0.15, 0.2) is 53.9 Å². The third-order valence-corrected chi connectivity index (χ3v) is 7.07. The maximum atomic E-state index is 13.6. The molecule has 37 heavy (non-hydrogen) atoms. The molecule has 0 spiro atoms. The Bertz CT molecular complexity index is 1230. The zero-order valence-corrected chi connectivity index (χ0v) is 22.4. The van der Waals surface area contributed by atoms with Crippen LogP contribution in [0.5, 0.6) is 23.0 Å². The Morgan fingerprint density at radius 1 is 1.00 bits per heavy atom. The highest BCUT2D eigenvalue weighted by Gasteiger charge is 2.26. The van der Waals surface area contributed by atoms with Crippen molar-refractivity contribution in [3.8, 4) is 23.0 Å². The molecule has 3 aromatic rings. The van der Waals surface area contributed by atoms with E-state index in [1.54, 1.807) is 48.7 Å². The molecule has 0 bridgehead atoms. The summed E-state index contributed by atoms with van der Waals surface area (Å²) in [7, 11) is 3.20. The van der Waals surface area contributed by atoms with Crippen molar-refractivity contribution in [3.63, 3.8) is 0 Å². The Labute approximate surface area is 221 Å². The van der Waals surface area contributed by atoms with E-state index in [0.29, 0.717) is 48.1 Å². The van der Waals surface area contributed by atoms with E-state index in [-0.39, 0.29) is 31.2 Å². The lowest BCUT2D eigenvalue weighted by atomic mass is 10.1. The summed E-state index contributed by atoms with van der Waals surface area (Å²) >= 11 is 1.60. The van der Waals surface area contributed by atoms with Gasteiger partial charge >= 0.3 is 0 Å². The first kappa shape index (κ1) is 26.3. The molecule has 0 aliphatic carbocycles. The van der Waals surface area contributed by atoms with E-state index in [1.807, 2.05) is 54.5 Å². The molecule has 0 radical (unpaired) electrons.